The van der Waals surface area contributed by atoms with Gasteiger partial charge in [-0.25, -0.2) is 0 Å². The Balaban J connectivity index is 3.76. The van der Waals surface area contributed by atoms with Crippen molar-refractivity contribution in [2.45, 2.75) is 0 Å². The number of rotatable bonds is 3. The zero-order valence-electron chi connectivity index (χ0n) is 3.25. The third kappa shape index (κ3) is 3.33. The molecule has 0 bridgehead atoms. The Labute approximate surface area is 53.7 Å². The monoisotopic (exact) mass is 185 g/mol. The van der Waals surface area contributed by atoms with Gasteiger partial charge >= 0.3 is 53.1 Å². The molecule has 0 rings (SSSR count). The third-order valence-electron chi connectivity index (χ3n) is 0.199. The van der Waals surface area contributed by atoms with Crippen LogP contribution in [0.3, 0.4) is 0 Å². The maximum atomic E-state index is 9.74. The van der Waals surface area contributed by atoms with Crippen molar-refractivity contribution in [1.29, 1.82) is 0 Å². The van der Waals surface area contributed by atoms with Crippen molar-refractivity contribution in [3.8, 4) is 0 Å². The molecule has 0 amide bonds. The van der Waals surface area contributed by atoms with E-state index in [0.717, 1.165) is 0 Å². The van der Waals surface area contributed by atoms with Crippen molar-refractivity contribution in [2.24, 2.45) is 0 Å². The molecule has 0 aliphatic rings. The molecule has 0 atom stereocenters. The summed E-state index contributed by atoms with van der Waals surface area (Å²) in [5.41, 5.74) is 0. The first-order chi connectivity index (χ1) is 3.62. The van der Waals surface area contributed by atoms with E-state index in [0.29, 0.717) is 0 Å². The van der Waals surface area contributed by atoms with Gasteiger partial charge in [0.25, 0.3) is 0 Å². The van der Waals surface area contributed by atoms with Gasteiger partial charge in [0, 0.05) is 0 Å². The second kappa shape index (κ2) is 3.36. The standard InChI is InChI=1S/Fe.H2O6S/c;1-5-7(3,4)6-2/h;1-2H/q+1;/p-1. The van der Waals surface area contributed by atoms with Crippen LogP contribution in [0.15, 0.2) is 0 Å². The Kier molecular flexibility index (Phi) is 3.49. The van der Waals surface area contributed by atoms with Gasteiger partial charge in [0.2, 0.25) is 0 Å². The van der Waals surface area contributed by atoms with E-state index in [1.54, 1.807) is 0 Å². The Morgan fingerprint density at radius 2 is 2.00 bits per heavy atom. The predicted octanol–water partition coefficient (Wildman–Crippen LogP) is -0.869. The minimum absolute atomic E-state index is 2.53. The van der Waals surface area contributed by atoms with Crippen LogP contribution in [0.5, 0.6) is 0 Å². The summed E-state index contributed by atoms with van der Waals surface area (Å²) in [6.07, 6.45) is 0. The van der Waals surface area contributed by atoms with Crippen molar-refractivity contribution < 1.29 is 42.7 Å². The molecule has 0 aromatic carbocycles. The molecule has 0 aliphatic carbocycles. The third-order valence-corrected chi connectivity index (χ3v) is 0.821. The molecule has 0 aliphatic heterocycles. The SMILES string of the molecule is O=S(=O)(OO)O[O][Fe]. The Morgan fingerprint density at radius 3 is 2.12 bits per heavy atom. The van der Waals surface area contributed by atoms with Crippen LogP contribution in [0.1, 0.15) is 0 Å². The molecule has 8 heteroatoms. The number of hydrogen-bond acceptors (Lipinski definition) is 6. The van der Waals surface area contributed by atoms with E-state index in [1.807, 2.05) is 0 Å². The van der Waals surface area contributed by atoms with Crippen LogP contribution < -0.4 is 0 Å². The summed E-state index contributed by atoms with van der Waals surface area (Å²) in [7, 11) is -4.40. The van der Waals surface area contributed by atoms with E-state index < -0.39 is 10.4 Å². The fourth-order valence-electron chi connectivity index (χ4n) is 0.0419. The molecule has 1 N–H and O–H groups in total. The fraction of sp³-hybridized carbons (Fsp3) is 0. The van der Waals surface area contributed by atoms with Crippen LogP contribution in [-0.4, -0.2) is 13.7 Å². The summed E-state index contributed by atoms with van der Waals surface area (Å²) >= 11 is 2.53. The van der Waals surface area contributed by atoms with Crippen molar-refractivity contribution in [1.82, 2.24) is 0 Å². The first kappa shape index (κ1) is 8.31. The van der Waals surface area contributed by atoms with Crippen LogP contribution in [0.25, 0.3) is 0 Å². The van der Waals surface area contributed by atoms with Gasteiger partial charge in [0.05, 0.1) is 0 Å². The maximum absolute atomic E-state index is 9.74. The molecule has 0 fully saturated rings. The molecule has 0 radical (unpaired) electrons. The van der Waals surface area contributed by atoms with Crippen LogP contribution in [0, 0.1) is 0 Å². The van der Waals surface area contributed by atoms with Gasteiger partial charge in [-0.1, -0.05) is 0 Å². The van der Waals surface area contributed by atoms with Crippen LogP contribution >= 0.6 is 0 Å². The van der Waals surface area contributed by atoms with Crippen molar-refractivity contribution in [3.63, 3.8) is 0 Å². The molecule has 0 aromatic heterocycles. The van der Waals surface area contributed by atoms with Gasteiger partial charge in [0.1, 0.15) is 0 Å². The van der Waals surface area contributed by atoms with E-state index in [4.69, 9.17) is 5.26 Å². The van der Waals surface area contributed by atoms with Crippen molar-refractivity contribution in [2.75, 3.05) is 0 Å². The van der Waals surface area contributed by atoms with E-state index in [2.05, 4.69) is 29.0 Å². The molecule has 0 spiro atoms. The quantitative estimate of drug-likeness (QED) is 0.349. The molecule has 0 saturated heterocycles. The summed E-state index contributed by atoms with van der Waals surface area (Å²) in [5.74, 6) is 0. The molecule has 51 valence electrons. The molecule has 0 heterocycles. The Morgan fingerprint density at radius 1 is 1.50 bits per heavy atom. The molecule has 0 aromatic rings. The van der Waals surface area contributed by atoms with Gasteiger partial charge in [-0.15, -0.1) is 0 Å². The van der Waals surface area contributed by atoms with Gasteiger partial charge in [-0.2, -0.15) is 0 Å². The zero-order chi connectivity index (χ0) is 6.62. The van der Waals surface area contributed by atoms with Gasteiger partial charge < -0.3 is 0 Å². The summed E-state index contributed by atoms with van der Waals surface area (Å²) < 4.78 is 28.9. The summed E-state index contributed by atoms with van der Waals surface area (Å²) in [6.45, 7) is 0. The minimum atomic E-state index is -4.40. The average molecular weight is 185 g/mol. The van der Waals surface area contributed by atoms with E-state index in [9.17, 15) is 8.42 Å². The first-order valence-electron chi connectivity index (χ1n) is 1.16. The van der Waals surface area contributed by atoms with Gasteiger partial charge in [-0.3, -0.25) is 0 Å². The van der Waals surface area contributed by atoms with Crippen LogP contribution in [0.2, 0.25) is 0 Å². The average Bonchev–Trinajstić information content (AvgIpc) is 1.67. The molecular weight excluding hydrogens is 184 g/mol. The van der Waals surface area contributed by atoms with E-state index in [-0.39, 0.29) is 0 Å². The molecule has 0 unspecified atom stereocenters. The topological polar surface area (TPSA) is 82.1 Å². The van der Waals surface area contributed by atoms with Gasteiger partial charge in [-0.05, 0) is 0 Å². The second-order valence-electron chi connectivity index (χ2n) is 0.610. The van der Waals surface area contributed by atoms with Gasteiger partial charge in [0.15, 0.2) is 0 Å². The summed E-state index contributed by atoms with van der Waals surface area (Å²) in [4.78, 5) is 0. The van der Waals surface area contributed by atoms with Crippen LogP contribution in [0.4, 0.5) is 0 Å². The van der Waals surface area contributed by atoms with Crippen molar-refractivity contribution in [3.05, 3.63) is 0 Å². The fourth-order valence-corrected chi connectivity index (χ4v) is 0.402. The summed E-state index contributed by atoms with van der Waals surface area (Å²) in [6, 6.07) is 0. The normalized spacial score (nSPS) is 11.8. The molecule has 0 saturated carbocycles. The van der Waals surface area contributed by atoms with E-state index >= 15 is 0 Å². The van der Waals surface area contributed by atoms with E-state index in [1.165, 1.54) is 0 Å². The van der Waals surface area contributed by atoms with Crippen molar-refractivity contribution >= 4 is 10.4 Å². The second-order valence-corrected chi connectivity index (χ2v) is 1.90. The predicted molar refractivity (Wildman–Crippen MR) is 14.8 cm³/mol. The molecule has 6 nitrogen and oxygen atoms in total. The number of hydrogen-bond donors (Lipinski definition) is 1. The van der Waals surface area contributed by atoms with Crippen LogP contribution in [-0.2, 0) is 39.4 Å². The zero-order valence-corrected chi connectivity index (χ0v) is 5.17. The Hall–Kier alpha value is 0.309. The summed E-state index contributed by atoms with van der Waals surface area (Å²) in [5, 5.41) is 7.40. The first-order valence-corrected chi connectivity index (χ1v) is 2.94. The molecule has 8 heavy (non-hydrogen) atoms. The molecular formula is HFeO6S. The Bertz CT molecular complexity index is 133.